The van der Waals surface area contributed by atoms with Gasteiger partial charge in [-0.2, -0.15) is 0 Å². The van der Waals surface area contributed by atoms with Gasteiger partial charge >= 0.3 is 0 Å². The van der Waals surface area contributed by atoms with Crippen molar-refractivity contribution in [2.24, 2.45) is 0 Å². The number of hydrogen-bond donors (Lipinski definition) is 1. The fraction of sp³-hybridized carbons (Fsp3) is 0.318. The van der Waals surface area contributed by atoms with Gasteiger partial charge in [-0.15, -0.1) is 6.42 Å². The highest BCUT2D eigenvalue weighted by Gasteiger charge is 2.18. The molecule has 0 unspecified atom stereocenters. The van der Waals surface area contributed by atoms with Gasteiger partial charge in [0.15, 0.2) is 17.6 Å². The molecular formula is C22H24FNO5. The smallest absolute Gasteiger partial charge is 0.252 e. The lowest BCUT2D eigenvalue weighted by atomic mass is 10.1. The standard InChI is InChI=1S/C22H24FNO5/c1-4-13-28-19-10-5-16(14-20(19)26-2)11-12-24-22(25)21(27-3)15-29-18-8-6-17(23)7-9-18/h1,5-10,14,21H,11-13,15H2,2-3H3,(H,24,25)/t21-/m1/s1. The van der Waals surface area contributed by atoms with E-state index in [2.05, 4.69) is 11.2 Å². The second-order valence-corrected chi connectivity index (χ2v) is 6.01. The van der Waals surface area contributed by atoms with E-state index >= 15 is 0 Å². The van der Waals surface area contributed by atoms with Crippen molar-refractivity contribution in [2.75, 3.05) is 34.0 Å². The summed E-state index contributed by atoms with van der Waals surface area (Å²) in [6.07, 6.45) is 5.00. The lowest BCUT2D eigenvalue weighted by molar-refractivity contribution is -0.132. The van der Waals surface area contributed by atoms with Gasteiger partial charge in [0.1, 0.15) is 24.8 Å². The zero-order valence-corrected chi connectivity index (χ0v) is 16.4. The first-order chi connectivity index (χ1) is 14.1. The minimum atomic E-state index is -0.783. The number of nitrogens with one attached hydrogen (secondary N) is 1. The van der Waals surface area contributed by atoms with Crippen LogP contribution in [0.2, 0.25) is 0 Å². The normalized spacial score (nSPS) is 11.2. The van der Waals surface area contributed by atoms with Crippen LogP contribution in [-0.2, 0) is 16.0 Å². The average molecular weight is 401 g/mol. The van der Waals surface area contributed by atoms with Crippen LogP contribution in [0.15, 0.2) is 42.5 Å². The number of amides is 1. The number of rotatable bonds is 11. The van der Waals surface area contributed by atoms with E-state index in [0.717, 1.165) is 5.56 Å². The van der Waals surface area contributed by atoms with Crippen molar-refractivity contribution in [3.63, 3.8) is 0 Å². The van der Waals surface area contributed by atoms with Crippen LogP contribution in [0.1, 0.15) is 5.56 Å². The summed E-state index contributed by atoms with van der Waals surface area (Å²) in [6, 6.07) is 11.1. The molecule has 0 aliphatic rings. The van der Waals surface area contributed by atoms with Crippen molar-refractivity contribution in [1.82, 2.24) is 5.32 Å². The number of hydrogen-bond acceptors (Lipinski definition) is 5. The summed E-state index contributed by atoms with van der Waals surface area (Å²) in [6.45, 7) is 0.579. The first-order valence-corrected chi connectivity index (χ1v) is 8.99. The van der Waals surface area contributed by atoms with Gasteiger partial charge in [0.05, 0.1) is 7.11 Å². The molecule has 0 aromatic heterocycles. The van der Waals surface area contributed by atoms with Crippen LogP contribution in [0.3, 0.4) is 0 Å². The van der Waals surface area contributed by atoms with E-state index in [4.69, 9.17) is 25.4 Å². The molecule has 2 aromatic rings. The van der Waals surface area contributed by atoms with Gasteiger partial charge in [-0.05, 0) is 48.4 Å². The number of carbonyl (C=O) groups is 1. The molecule has 29 heavy (non-hydrogen) atoms. The predicted molar refractivity (Wildman–Crippen MR) is 107 cm³/mol. The molecule has 0 saturated carbocycles. The Morgan fingerprint density at radius 3 is 2.55 bits per heavy atom. The van der Waals surface area contributed by atoms with Gasteiger partial charge in [0, 0.05) is 13.7 Å². The predicted octanol–water partition coefficient (Wildman–Crippen LogP) is 2.60. The summed E-state index contributed by atoms with van der Waals surface area (Å²) in [7, 11) is 2.98. The summed E-state index contributed by atoms with van der Waals surface area (Å²) in [5.41, 5.74) is 0.965. The molecule has 0 radical (unpaired) electrons. The molecule has 0 aliphatic carbocycles. The van der Waals surface area contributed by atoms with Crippen molar-refractivity contribution in [3.8, 4) is 29.6 Å². The number of terminal acetylenes is 1. The number of methoxy groups -OCH3 is 2. The minimum Gasteiger partial charge on any atom is -0.493 e. The van der Waals surface area contributed by atoms with Crippen LogP contribution >= 0.6 is 0 Å². The Hall–Kier alpha value is -3.24. The zero-order chi connectivity index (χ0) is 21.1. The first kappa shape index (κ1) is 22.1. The fourth-order valence-corrected chi connectivity index (χ4v) is 2.50. The van der Waals surface area contributed by atoms with Crippen LogP contribution in [0.5, 0.6) is 17.2 Å². The highest BCUT2D eigenvalue weighted by molar-refractivity contribution is 5.80. The molecule has 7 heteroatoms. The Kier molecular flexibility index (Phi) is 8.80. The maximum atomic E-state index is 12.9. The van der Waals surface area contributed by atoms with E-state index in [9.17, 15) is 9.18 Å². The maximum absolute atomic E-state index is 12.9. The van der Waals surface area contributed by atoms with Crippen molar-refractivity contribution in [2.45, 2.75) is 12.5 Å². The lowest BCUT2D eigenvalue weighted by Crippen LogP contribution is -2.40. The molecule has 154 valence electrons. The van der Waals surface area contributed by atoms with Crippen LogP contribution < -0.4 is 19.5 Å². The second kappa shape index (κ2) is 11.6. The van der Waals surface area contributed by atoms with Crippen molar-refractivity contribution in [3.05, 3.63) is 53.8 Å². The Balaban J connectivity index is 1.82. The van der Waals surface area contributed by atoms with E-state index in [0.29, 0.717) is 30.2 Å². The molecule has 0 bridgehead atoms. The maximum Gasteiger partial charge on any atom is 0.252 e. The molecule has 0 saturated heterocycles. The lowest BCUT2D eigenvalue weighted by Gasteiger charge is -2.16. The van der Waals surface area contributed by atoms with Crippen LogP contribution in [0.25, 0.3) is 0 Å². The SMILES string of the molecule is C#CCOc1ccc(CCNC(=O)[C@@H](COc2ccc(F)cc2)OC)cc1OC. The third-order valence-electron chi connectivity index (χ3n) is 4.04. The summed E-state index contributed by atoms with van der Waals surface area (Å²) in [5.74, 6) is 3.35. The third kappa shape index (κ3) is 7.01. The Labute approximate surface area is 169 Å². The quantitative estimate of drug-likeness (QED) is 0.587. The first-order valence-electron chi connectivity index (χ1n) is 8.99. The minimum absolute atomic E-state index is 0.0169. The number of halogens is 1. The van der Waals surface area contributed by atoms with Gasteiger partial charge in [-0.3, -0.25) is 4.79 Å². The largest absolute Gasteiger partial charge is 0.493 e. The summed E-state index contributed by atoms with van der Waals surface area (Å²) >= 11 is 0. The van der Waals surface area contributed by atoms with E-state index in [1.165, 1.54) is 31.4 Å². The van der Waals surface area contributed by atoms with Crippen molar-refractivity contribution >= 4 is 5.91 Å². The molecule has 1 amide bonds. The number of ether oxygens (including phenoxy) is 4. The molecule has 2 aromatic carbocycles. The highest BCUT2D eigenvalue weighted by atomic mass is 19.1. The highest BCUT2D eigenvalue weighted by Crippen LogP contribution is 2.28. The Morgan fingerprint density at radius 1 is 1.14 bits per heavy atom. The molecule has 0 spiro atoms. The molecule has 1 atom stereocenters. The molecule has 0 aliphatic heterocycles. The molecule has 0 fully saturated rings. The van der Waals surface area contributed by atoms with Crippen LogP contribution in [0, 0.1) is 18.2 Å². The van der Waals surface area contributed by atoms with E-state index in [-0.39, 0.29) is 24.9 Å². The third-order valence-corrected chi connectivity index (χ3v) is 4.04. The molecule has 0 heterocycles. The van der Waals surface area contributed by atoms with Crippen LogP contribution in [0.4, 0.5) is 4.39 Å². The van der Waals surface area contributed by atoms with E-state index < -0.39 is 6.10 Å². The van der Waals surface area contributed by atoms with Gasteiger partial charge in [0.2, 0.25) is 0 Å². The van der Waals surface area contributed by atoms with Crippen molar-refractivity contribution < 1.29 is 28.1 Å². The Morgan fingerprint density at radius 2 is 1.90 bits per heavy atom. The van der Waals surface area contributed by atoms with Gasteiger partial charge in [-0.25, -0.2) is 4.39 Å². The fourth-order valence-electron chi connectivity index (χ4n) is 2.50. The monoisotopic (exact) mass is 401 g/mol. The van der Waals surface area contributed by atoms with E-state index in [1.807, 2.05) is 12.1 Å². The summed E-state index contributed by atoms with van der Waals surface area (Å²) in [4.78, 5) is 12.3. The average Bonchev–Trinajstić information content (AvgIpc) is 2.74. The summed E-state index contributed by atoms with van der Waals surface area (Å²) < 4.78 is 34.3. The molecule has 1 N–H and O–H groups in total. The molecular weight excluding hydrogens is 377 g/mol. The van der Waals surface area contributed by atoms with Crippen molar-refractivity contribution in [1.29, 1.82) is 0 Å². The van der Waals surface area contributed by atoms with Crippen LogP contribution in [-0.4, -0.2) is 46.0 Å². The number of carbonyl (C=O) groups excluding carboxylic acids is 1. The van der Waals surface area contributed by atoms with Gasteiger partial charge in [-0.1, -0.05) is 12.0 Å². The topological polar surface area (TPSA) is 66.0 Å². The van der Waals surface area contributed by atoms with E-state index in [1.54, 1.807) is 13.2 Å². The molecule has 2 rings (SSSR count). The molecule has 6 nitrogen and oxygen atoms in total. The second-order valence-electron chi connectivity index (χ2n) is 6.01. The summed E-state index contributed by atoms with van der Waals surface area (Å²) in [5, 5.41) is 2.81. The van der Waals surface area contributed by atoms with Gasteiger partial charge in [0.25, 0.3) is 5.91 Å². The zero-order valence-electron chi connectivity index (χ0n) is 16.4. The number of benzene rings is 2. The van der Waals surface area contributed by atoms with Gasteiger partial charge < -0.3 is 24.3 Å². The Bertz CT molecular complexity index is 832.